The van der Waals surface area contributed by atoms with Crippen molar-refractivity contribution >= 4 is 38.5 Å². The molecule has 0 aliphatic carbocycles. The van der Waals surface area contributed by atoms with Crippen molar-refractivity contribution in [1.29, 1.82) is 0 Å². The van der Waals surface area contributed by atoms with Crippen molar-refractivity contribution in [3.8, 4) is 11.5 Å². The van der Waals surface area contributed by atoms with Crippen molar-refractivity contribution < 1.29 is 14.3 Å². The molecule has 7 heteroatoms. The Morgan fingerprint density at radius 1 is 1.00 bits per heavy atom. The number of aromatic nitrogens is 1. The third kappa shape index (κ3) is 4.46. The van der Waals surface area contributed by atoms with E-state index in [0.29, 0.717) is 5.75 Å². The van der Waals surface area contributed by atoms with Gasteiger partial charge in [0, 0.05) is 21.5 Å². The molecule has 1 aromatic heterocycles. The number of para-hydroxylation sites is 1. The first-order valence-electron chi connectivity index (χ1n) is 11.7. The van der Waals surface area contributed by atoms with Crippen LogP contribution < -0.4 is 9.47 Å². The van der Waals surface area contributed by atoms with E-state index in [9.17, 15) is 4.79 Å². The van der Waals surface area contributed by atoms with Gasteiger partial charge < -0.3 is 9.47 Å². The predicted octanol–water partition coefficient (Wildman–Crippen LogP) is 6.40. The highest BCUT2D eigenvalue weighted by Gasteiger charge is 2.47. The van der Waals surface area contributed by atoms with E-state index in [1.807, 2.05) is 78.9 Å². The molecule has 4 aromatic rings. The molecule has 0 spiro atoms. The Balaban J connectivity index is 1.49. The summed E-state index contributed by atoms with van der Waals surface area (Å²) in [6, 6.07) is 25.0. The molecule has 0 bridgehead atoms. The first-order chi connectivity index (χ1) is 17.4. The average Bonchev–Trinajstić information content (AvgIpc) is 3.18. The summed E-state index contributed by atoms with van der Waals surface area (Å²) >= 11 is 3.50. The number of hydrogen-bond acceptors (Lipinski definition) is 5. The van der Waals surface area contributed by atoms with Crippen LogP contribution in [0.5, 0.6) is 11.5 Å². The molecule has 1 unspecified atom stereocenters. The Labute approximate surface area is 218 Å². The minimum atomic E-state index is -0.459. The summed E-state index contributed by atoms with van der Waals surface area (Å²) < 4.78 is 12.3. The lowest BCUT2D eigenvalue weighted by Gasteiger charge is -2.32. The van der Waals surface area contributed by atoms with Gasteiger partial charge >= 0.3 is 0 Å². The van der Waals surface area contributed by atoms with E-state index in [1.165, 1.54) is 0 Å². The van der Waals surface area contributed by atoms with Crippen molar-refractivity contribution in [2.75, 3.05) is 13.7 Å². The lowest BCUT2D eigenvalue weighted by atomic mass is 9.75. The van der Waals surface area contributed by atoms with E-state index >= 15 is 0 Å². The molecule has 0 N–H and O–H groups in total. The van der Waals surface area contributed by atoms with Gasteiger partial charge in [-0.05, 0) is 47.5 Å². The van der Waals surface area contributed by atoms with E-state index in [1.54, 1.807) is 18.3 Å². The maximum atomic E-state index is 13.6. The van der Waals surface area contributed by atoms with Crippen LogP contribution in [0.1, 0.15) is 31.0 Å². The molecular formula is C29H26BrN3O3. The number of halogens is 1. The van der Waals surface area contributed by atoms with Crippen molar-refractivity contribution in [3.05, 3.63) is 101 Å². The number of hydrazone groups is 1. The highest BCUT2D eigenvalue weighted by Crippen LogP contribution is 2.47. The Morgan fingerprint density at radius 3 is 2.44 bits per heavy atom. The van der Waals surface area contributed by atoms with Gasteiger partial charge in [0.25, 0.3) is 5.91 Å². The summed E-state index contributed by atoms with van der Waals surface area (Å²) in [6.45, 7) is 4.08. The van der Waals surface area contributed by atoms with E-state index in [2.05, 4.69) is 34.8 Å². The molecule has 0 fully saturated rings. The predicted molar refractivity (Wildman–Crippen MR) is 144 cm³/mol. The molecule has 0 radical (unpaired) electrons. The zero-order chi connectivity index (χ0) is 25.3. The normalized spacial score (nSPS) is 16.6. The first-order valence-corrected chi connectivity index (χ1v) is 12.5. The number of carbonyl (C=O) groups is 1. The number of ether oxygens (including phenoxy) is 2. The van der Waals surface area contributed by atoms with Crippen LogP contribution in [0.15, 0.2) is 94.6 Å². The number of methoxy groups -OCH3 is 1. The van der Waals surface area contributed by atoms with Gasteiger partial charge in [0.1, 0.15) is 17.0 Å². The molecule has 0 saturated carbocycles. The quantitative estimate of drug-likeness (QED) is 0.282. The van der Waals surface area contributed by atoms with Crippen LogP contribution in [0.3, 0.4) is 0 Å². The minimum absolute atomic E-state index is 0.157. The molecule has 6 nitrogen and oxygen atoms in total. The fourth-order valence-electron chi connectivity index (χ4n) is 4.71. The standard InChI is InChI=1S/C29H26BrN3O3/c1-29(2)27(20-9-13-22(30)14-10-20)32-33(28(29)21-11-15-23(35-3)16-12-21)25(34)18-36-24-8-4-6-19-7-5-17-31-26(19)24/h4-17,28H,18H2,1-3H3. The van der Waals surface area contributed by atoms with Gasteiger partial charge in [-0.3, -0.25) is 9.78 Å². The zero-order valence-corrected chi connectivity index (χ0v) is 21.9. The second-order valence-electron chi connectivity index (χ2n) is 9.21. The number of hydrogen-bond donors (Lipinski definition) is 0. The summed E-state index contributed by atoms with van der Waals surface area (Å²) in [7, 11) is 1.64. The van der Waals surface area contributed by atoms with E-state index in [4.69, 9.17) is 14.6 Å². The maximum absolute atomic E-state index is 13.6. The monoisotopic (exact) mass is 543 g/mol. The topological polar surface area (TPSA) is 64.0 Å². The summed E-state index contributed by atoms with van der Waals surface area (Å²) in [6.07, 6.45) is 1.72. The first kappa shape index (κ1) is 24.0. The number of benzene rings is 3. The molecule has 1 amide bonds. The second-order valence-corrected chi connectivity index (χ2v) is 10.1. The zero-order valence-electron chi connectivity index (χ0n) is 20.3. The number of carbonyl (C=O) groups excluding carboxylic acids is 1. The van der Waals surface area contributed by atoms with E-state index in [0.717, 1.165) is 38.0 Å². The second kappa shape index (κ2) is 9.74. The van der Waals surface area contributed by atoms with Crippen LogP contribution in [0.4, 0.5) is 0 Å². The van der Waals surface area contributed by atoms with Crippen LogP contribution in [-0.2, 0) is 4.79 Å². The molecule has 0 saturated heterocycles. The summed E-state index contributed by atoms with van der Waals surface area (Å²) in [4.78, 5) is 18.0. The minimum Gasteiger partial charge on any atom is -0.497 e. The lowest BCUT2D eigenvalue weighted by Crippen LogP contribution is -2.37. The summed E-state index contributed by atoms with van der Waals surface area (Å²) in [5.74, 6) is 1.09. The Hall–Kier alpha value is -3.71. The van der Waals surface area contributed by atoms with Crippen molar-refractivity contribution in [3.63, 3.8) is 0 Å². The van der Waals surface area contributed by atoms with Crippen molar-refractivity contribution in [1.82, 2.24) is 9.99 Å². The van der Waals surface area contributed by atoms with Crippen molar-refractivity contribution in [2.45, 2.75) is 19.9 Å². The van der Waals surface area contributed by atoms with Gasteiger partial charge in [-0.15, -0.1) is 0 Å². The fourth-order valence-corrected chi connectivity index (χ4v) is 4.97. The van der Waals surface area contributed by atoms with Crippen molar-refractivity contribution in [2.24, 2.45) is 10.5 Å². The van der Waals surface area contributed by atoms with Gasteiger partial charge in [-0.25, -0.2) is 5.01 Å². The highest BCUT2D eigenvalue weighted by atomic mass is 79.9. The lowest BCUT2D eigenvalue weighted by molar-refractivity contribution is -0.136. The molecule has 2 heterocycles. The number of nitrogens with zero attached hydrogens (tertiary/aromatic N) is 3. The Morgan fingerprint density at radius 2 is 1.72 bits per heavy atom. The molecular weight excluding hydrogens is 518 g/mol. The molecule has 1 atom stereocenters. The van der Waals surface area contributed by atoms with Crippen LogP contribution in [0.25, 0.3) is 10.9 Å². The van der Waals surface area contributed by atoms with Gasteiger partial charge in [0.05, 0.1) is 18.9 Å². The third-order valence-corrected chi connectivity index (χ3v) is 7.03. The maximum Gasteiger partial charge on any atom is 0.281 e. The van der Waals surface area contributed by atoms with E-state index < -0.39 is 5.41 Å². The van der Waals surface area contributed by atoms with Gasteiger partial charge in [0.2, 0.25) is 0 Å². The highest BCUT2D eigenvalue weighted by molar-refractivity contribution is 9.10. The largest absolute Gasteiger partial charge is 0.497 e. The molecule has 5 rings (SSSR count). The molecule has 1 aliphatic rings. The number of pyridine rings is 1. The van der Waals surface area contributed by atoms with Crippen LogP contribution >= 0.6 is 15.9 Å². The molecule has 182 valence electrons. The SMILES string of the molecule is COc1ccc(C2N(C(=O)COc3cccc4cccnc34)N=C(c3ccc(Br)cc3)C2(C)C)cc1. The van der Waals surface area contributed by atoms with Crippen LogP contribution in [-0.4, -0.2) is 35.3 Å². The average molecular weight is 544 g/mol. The number of amides is 1. The summed E-state index contributed by atoms with van der Waals surface area (Å²) in [5, 5.41) is 7.40. The van der Waals surface area contributed by atoms with Crippen LogP contribution in [0.2, 0.25) is 0 Å². The molecule has 36 heavy (non-hydrogen) atoms. The summed E-state index contributed by atoms with van der Waals surface area (Å²) in [5.41, 5.74) is 3.04. The number of fused-ring (bicyclic) bond motifs is 1. The third-order valence-electron chi connectivity index (χ3n) is 6.50. The molecule has 1 aliphatic heterocycles. The molecule has 3 aromatic carbocycles. The van der Waals surface area contributed by atoms with Gasteiger partial charge in [-0.1, -0.05) is 72.2 Å². The van der Waals surface area contributed by atoms with Gasteiger partial charge in [-0.2, -0.15) is 5.10 Å². The van der Waals surface area contributed by atoms with Crippen LogP contribution in [0, 0.1) is 5.41 Å². The fraction of sp³-hybridized carbons (Fsp3) is 0.207. The Kier molecular flexibility index (Phi) is 6.49. The smallest absolute Gasteiger partial charge is 0.281 e. The number of rotatable bonds is 6. The van der Waals surface area contributed by atoms with Gasteiger partial charge in [0.15, 0.2) is 6.61 Å². The Bertz CT molecular complexity index is 1430. The van der Waals surface area contributed by atoms with E-state index in [-0.39, 0.29) is 18.6 Å².